The van der Waals surface area contributed by atoms with E-state index in [0.29, 0.717) is 32.6 Å². The van der Waals surface area contributed by atoms with Crippen molar-refractivity contribution in [1.82, 2.24) is 9.55 Å². The second-order valence-corrected chi connectivity index (χ2v) is 8.71. The number of nitrogens with zero attached hydrogens (tertiary/aromatic N) is 2. The minimum atomic E-state index is -0.228. The Morgan fingerprint density at radius 2 is 1.81 bits per heavy atom. The lowest BCUT2D eigenvalue weighted by Gasteiger charge is -2.11. The predicted molar refractivity (Wildman–Crippen MR) is 129 cm³/mol. The summed E-state index contributed by atoms with van der Waals surface area (Å²) in [6.45, 7) is 0. The maximum Gasteiger partial charge on any atom is 0.271 e. The van der Waals surface area contributed by atoms with Gasteiger partial charge in [0.25, 0.3) is 5.56 Å². The van der Waals surface area contributed by atoms with Gasteiger partial charge in [-0.25, -0.2) is 4.98 Å². The first-order chi connectivity index (χ1) is 15.5. The van der Waals surface area contributed by atoms with Crippen LogP contribution in [0.3, 0.4) is 0 Å². The molecule has 0 aliphatic rings. The standard InChI is InChI=1S/C23H21N3O4S2/c1-26-22(28)21-20(18(12-31-21)14-7-5-4-6-8-14)25-23(26)32-13-19(27)24-15-9-16(29-2)11-17(10-15)30-3/h4-12H,13H2,1-3H3,(H,24,27). The molecule has 2 heterocycles. The van der Waals surface area contributed by atoms with Crippen LogP contribution in [0.25, 0.3) is 21.3 Å². The molecule has 1 amide bonds. The highest BCUT2D eigenvalue weighted by molar-refractivity contribution is 7.99. The number of fused-ring (bicyclic) bond motifs is 1. The molecule has 2 aromatic heterocycles. The lowest BCUT2D eigenvalue weighted by atomic mass is 10.1. The largest absolute Gasteiger partial charge is 0.497 e. The van der Waals surface area contributed by atoms with Crippen molar-refractivity contribution in [3.8, 4) is 22.6 Å². The Morgan fingerprint density at radius 1 is 1.12 bits per heavy atom. The number of anilines is 1. The number of hydrogen-bond acceptors (Lipinski definition) is 7. The number of rotatable bonds is 7. The van der Waals surface area contributed by atoms with Gasteiger partial charge in [-0.3, -0.25) is 14.2 Å². The van der Waals surface area contributed by atoms with Gasteiger partial charge in [-0.05, 0) is 5.56 Å². The van der Waals surface area contributed by atoms with E-state index in [2.05, 4.69) is 5.32 Å². The van der Waals surface area contributed by atoms with Crippen LogP contribution < -0.4 is 20.3 Å². The van der Waals surface area contributed by atoms with Crippen molar-refractivity contribution < 1.29 is 14.3 Å². The van der Waals surface area contributed by atoms with Crippen LogP contribution in [0.1, 0.15) is 0 Å². The molecule has 0 aliphatic heterocycles. The van der Waals surface area contributed by atoms with Crippen LogP contribution in [-0.2, 0) is 11.8 Å². The molecule has 4 rings (SSSR count). The van der Waals surface area contributed by atoms with E-state index in [1.54, 1.807) is 39.5 Å². The number of carbonyl (C=O) groups is 1. The summed E-state index contributed by atoms with van der Waals surface area (Å²) in [6.07, 6.45) is 0. The highest BCUT2D eigenvalue weighted by Gasteiger charge is 2.16. The Morgan fingerprint density at radius 3 is 2.47 bits per heavy atom. The molecule has 0 bridgehead atoms. The molecule has 0 radical (unpaired) electrons. The van der Waals surface area contributed by atoms with Crippen molar-refractivity contribution in [2.75, 3.05) is 25.3 Å². The Labute approximate surface area is 193 Å². The maximum atomic E-state index is 12.9. The molecule has 2 aromatic carbocycles. The summed E-state index contributed by atoms with van der Waals surface area (Å²) in [5.41, 5.74) is 3.01. The number of thiophene rings is 1. The molecule has 7 nitrogen and oxygen atoms in total. The quantitative estimate of drug-likeness (QED) is 0.320. The number of aromatic nitrogens is 2. The Balaban J connectivity index is 1.56. The maximum absolute atomic E-state index is 12.9. The van der Waals surface area contributed by atoms with Crippen molar-refractivity contribution in [2.24, 2.45) is 7.05 Å². The van der Waals surface area contributed by atoms with Gasteiger partial charge in [-0.2, -0.15) is 0 Å². The Hall–Kier alpha value is -3.30. The first-order valence-electron chi connectivity index (χ1n) is 9.69. The second-order valence-electron chi connectivity index (χ2n) is 6.89. The summed E-state index contributed by atoms with van der Waals surface area (Å²) in [5.74, 6) is 1.02. The fourth-order valence-electron chi connectivity index (χ4n) is 3.18. The molecule has 0 aliphatic carbocycles. The third-order valence-corrected chi connectivity index (χ3v) is 6.80. The third kappa shape index (κ3) is 4.49. The van der Waals surface area contributed by atoms with E-state index < -0.39 is 0 Å². The summed E-state index contributed by atoms with van der Waals surface area (Å²) >= 11 is 2.60. The zero-order chi connectivity index (χ0) is 22.7. The van der Waals surface area contributed by atoms with Crippen molar-refractivity contribution in [2.45, 2.75) is 5.16 Å². The minimum absolute atomic E-state index is 0.0934. The van der Waals surface area contributed by atoms with Gasteiger partial charge in [0.1, 0.15) is 16.2 Å². The van der Waals surface area contributed by atoms with Crippen LogP contribution >= 0.6 is 23.1 Å². The molecule has 0 unspecified atom stereocenters. The number of methoxy groups -OCH3 is 2. The molecule has 0 atom stereocenters. The van der Waals surface area contributed by atoms with Crippen LogP contribution in [0.15, 0.2) is 63.9 Å². The van der Waals surface area contributed by atoms with E-state index in [1.165, 1.54) is 27.7 Å². The summed E-state index contributed by atoms with van der Waals surface area (Å²) in [6, 6.07) is 15.0. The second kappa shape index (κ2) is 9.46. The number of carbonyl (C=O) groups excluding carboxylic acids is 1. The van der Waals surface area contributed by atoms with E-state index in [9.17, 15) is 9.59 Å². The average molecular weight is 468 g/mol. The minimum Gasteiger partial charge on any atom is -0.497 e. The molecule has 0 saturated heterocycles. The van der Waals surface area contributed by atoms with Crippen molar-refractivity contribution in [3.63, 3.8) is 0 Å². The van der Waals surface area contributed by atoms with Crippen LogP contribution in [0.5, 0.6) is 11.5 Å². The van der Waals surface area contributed by atoms with Gasteiger partial charge >= 0.3 is 0 Å². The average Bonchev–Trinajstić information content (AvgIpc) is 3.24. The van der Waals surface area contributed by atoms with Gasteiger partial charge in [0, 0.05) is 41.9 Å². The van der Waals surface area contributed by atoms with Crippen LogP contribution in [0.4, 0.5) is 5.69 Å². The monoisotopic (exact) mass is 467 g/mol. The predicted octanol–water partition coefficient (Wildman–Crippen LogP) is 4.41. The molecule has 0 saturated carbocycles. The van der Waals surface area contributed by atoms with E-state index in [1.807, 2.05) is 35.7 Å². The van der Waals surface area contributed by atoms with Crippen LogP contribution in [0.2, 0.25) is 0 Å². The topological polar surface area (TPSA) is 82.5 Å². The van der Waals surface area contributed by atoms with Crippen molar-refractivity contribution in [3.05, 3.63) is 64.3 Å². The van der Waals surface area contributed by atoms with Gasteiger partial charge in [0.05, 0.1) is 25.5 Å². The van der Waals surface area contributed by atoms with Gasteiger partial charge in [-0.15, -0.1) is 11.3 Å². The molecular weight excluding hydrogens is 446 g/mol. The molecule has 9 heteroatoms. The van der Waals surface area contributed by atoms with Crippen molar-refractivity contribution in [1.29, 1.82) is 0 Å². The van der Waals surface area contributed by atoms with Gasteiger partial charge < -0.3 is 14.8 Å². The summed E-state index contributed by atoms with van der Waals surface area (Å²) in [7, 11) is 4.77. The fourth-order valence-corrected chi connectivity index (χ4v) is 4.94. The molecule has 4 aromatic rings. The van der Waals surface area contributed by atoms with Crippen molar-refractivity contribution >= 4 is 44.9 Å². The zero-order valence-corrected chi connectivity index (χ0v) is 19.4. The van der Waals surface area contributed by atoms with E-state index in [0.717, 1.165) is 11.1 Å². The number of benzene rings is 2. The number of ether oxygens (including phenoxy) is 2. The lowest BCUT2D eigenvalue weighted by molar-refractivity contribution is -0.113. The summed E-state index contributed by atoms with van der Waals surface area (Å²) in [5, 5.41) is 5.27. The van der Waals surface area contributed by atoms with Gasteiger partial charge in [-0.1, -0.05) is 42.1 Å². The van der Waals surface area contributed by atoms with E-state index in [-0.39, 0.29) is 17.2 Å². The Bertz CT molecular complexity index is 1310. The SMILES string of the molecule is COc1cc(NC(=O)CSc2nc3c(-c4ccccc4)csc3c(=O)n2C)cc(OC)c1. The first kappa shape index (κ1) is 21.9. The van der Waals surface area contributed by atoms with E-state index >= 15 is 0 Å². The number of amides is 1. The Kier molecular flexibility index (Phi) is 6.48. The highest BCUT2D eigenvalue weighted by atomic mass is 32.2. The highest BCUT2D eigenvalue weighted by Crippen LogP contribution is 2.32. The zero-order valence-electron chi connectivity index (χ0n) is 17.7. The summed E-state index contributed by atoms with van der Waals surface area (Å²) < 4.78 is 12.6. The normalized spacial score (nSPS) is 10.8. The molecular formula is C23H21N3O4S2. The van der Waals surface area contributed by atoms with Gasteiger partial charge in [0.2, 0.25) is 5.91 Å². The smallest absolute Gasteiger partial charge is 0.271 e. The molecule has 0 fully saturated rings. The fraction of sp³-hybridized carbons (Fsp3) is 0.174. The molecule has 32 heavy (non-hydrogen) atoms. The molecule has 1 N–H and O–H groups in total. The first-order valence-corrected chi connectivity index (χ1v) is 11.6. The lowest BCUT2D eigenvalue weighted by Crippen LogP contribution is -2.20. The number of hydrogen-bond donors (Lipinski definition) is 1. The van der Waals surface area contributed by atoms with Gasteiger partial charge in [0.15, 0.2) is 5.16 Å². The molecule has 164 valence electrons. The summed E-state index contributed by atoms with van der Waals surface area (Å²) in [4.78, 5) is 30.1. The number of nitrogens with one attached hydrogen (secondary N) is 1. The number of thioether (sulfide) groups is 1. The molecule has 0 spiro atoms. The van der Waals surface area contributed by atoms with E-state index in [4.69, 9.17) is 14.5 Å². The third-order valence-electron chi connectivity index (χ3n) is 4.81. The van der Waals surface area contributed by atoms with Crippen LogP contribution in [0, 0.1) is 0 Å². The van der Waals surface area contributed by atoms with Crippen LogP contribution in [-0.4, -0.2) is 35.4 Å².